The summed E-state index contributed by atoms with van der Waals surface area (Å²) in [5, 5.41) is 9.94. The van der Waals surface area contributed by atoms with Gasteiger partial charge in [0.05, 0.1) is 6.10 Å². The SMILES string of the molecule is CC1CCN(C(=O)C2CCCN2C(=O)C2CC2)CC1O. The van der Waals surface area contributed by atoms with Crippen LogP contribution in [0.2, 0.25) is 0 Å². The average Bonchev–Trinajstić information content (AvgIpc) is 3.17. The minimum atomic E-state index is -0.429. The Morgan fingerprint density at radius 1 is 1.05 bits per heavy atom. The number of likely N-dealkylation sites (tertiary alicyclic amines) is 2. The molecule has 0 aromatic heterocycles. The van der Waals surface area contributed by atoms with Crippen molar-refractivity contribution in [3.05, 3.63) is 0 Å². The Hall–Kier alpha value is -1.10. The van der Waals surface area contributed by atoms with Gasteiger partial charge in [-0.3, -0.25) is 9.59 Å². The molecule has 3 aliphatic rings. The number of aliphatic hydroxyl groups is 1. The first-order valence-electron chi connectivity index (χ1n) is 7.85. The van der Waals surface area contributed by atoms with E-state index in [-0.39, 0.29) is 29.7 Å². The molecule has 3 atom stereocenters. The Morgan fingerprint density at radius 3 is 2.45 bits per heavy atom. The van der Waals surface area contributed by atoms with Gasteiger partial charge in [-0.1, -0.05) is 6.92 Å². The summed E-state index contributed by atoms with van der Waals surface area (Å²) < 4.78 is 0. The maximum atomic E-state index is 12.6. The summed E-state index contributed by atoms with van der Waals surface area (Å²) in [4.78, 5) is 28.4. The maximum Gasteiger partial charge on any atom is 0.245 e. The van der Waals surface area contributed by atoms with E-state index in [1.54, 1.807) is 9.80 Å². The molecule has 1 aliphatic carbocycles. The Balaban J connectivity index is 1.65. The van der Waals surface area contributed by atoms with Crippen molar-refractivity contribution in [2.75, 3.05) is 19.6 Å². The van der Waals surface area contributed by atoms with Crippen molar-refractivity contribution in [3.63, 3.8) is 0 Å². The van der Waals surface area contributed by atoms with E-state index in [0.29, 0.717) is 13.1 Å². The number of β-amino-alcohol motifs (C(OH)–C–C–N with tert-alkyl or cyclic N) is 1. The number of carbonyl (C=O) groups excluding carboxylic acids is 2. The molecule has 1 saturated carbocycles. The van der Waals surface area contributed by atoms with Crippen LogP contribution in [-0.4, -0.2) is 58.5 Å². The molecule has 20 heavy (non-hydrogen) atoms. The van der Waals surface area contributed by atoms with Crippen LogP contribution in [0.25, 0.3) is 0 Å². The highest BCUT2D eigenvalue weighted by Crippen LogP contribution is 2.34. The summed E-state index contributed by atoms with van der Waals surface area (Å²) in [5.74, 6) is 0.649. The van der Waals surface area contributed by atoms with E-state index < -0.39 is 6.10 Å². The summed E-state index contributed by atoms with van der Waals surface area (Å²) in [7, 11) is 0. The molecule has 1 N–H and O–H groups in total. The van der Waals surface area contributed by atoms with E-state index in [2.05, 4.69) is 0 Å². The molecule has 0 radical (unpaired) electrons. The topological polar surface area (TPSA) is 60.9 Å². The van der Waals surface area contributed by atoms with Gasteiger partial charge in [-0.15, -0.1) is 0 Å². The Bertz CT molecular complexity index is 408. The second-order valence-electron chi connectivity index (χ2n) is 6.58. The molecule has 0 aromatic carbocycles. The lowest BCUT2D eigenvalue weighted by molar-refractivity contribution is -0.147. The molecule has 0 spiro atoms. The van der Waals surface area contributed by atoms with E-state index in [1.807, 2.05) is 6.92 Å². The van der Waals surface area contributed by atoms with Gasteiger partial charge in [0, 0.05) is 25.6 Å². The van der Waals surface area contributed by atoms with Crippen molar-refractivity contribution < 1.29 is 14.7 Å². The van der Waals surface area contributed by atoms with Gasteiger partial charge < -0.3 is 14.9 Å². The van der Waals surface area contributed by atoms with Crippen LogP contribution < -0.4 is 0 Å². The first kappa shape index (κ1) is 13.9. The third-order valence-corrected chi connectivity index (χ3v) is 4.98. The quantitative estimate of drug-likeness (QED) is 0.806. The molecule has 3 rings (SSSR count). The smallest absolute Gasteiger partial charge is 0.245 e. The van der Waals surface area contributed by atoms with Gasteiger partial charge in [0.15, 0.2) is 0 Å². The van der Waals surface area contributed by atoms with Gasteiger partial charge >= 0.3 is 0 Å². The average molecular weight is 280 g/mol. The highest BCUT2D eigenvalue weighted by Gasteiger charge is 2.42. The van der Waals surface area contributed by atoms with Crippen LogP contribution in [0.3, 0.4) is 0 Å². The molecule has 3 unspecified atom stereocenters. The molecule has 2 aliphatic heterocycles. The van der Waals surface area contributed by atoms with Gasteiger partial charge in [0.1, 0.15) is 6.04 Å². The van der Waals surface area contributed by atoms with Gasteiger partial charge in [0.2, 0.25) is 11.8 Å². The van der Waals surface area contributed by atoms with Crippen LogP contribution >= 0.6 is 0 Å². The Morgan fingerprint density at radius 2 is 1.80 bits per heavy atom. The molecule has 2 heterocycles. The standard InChI is InChI=1S/C15H24N2O3/c1-10-6-8-16(9-13(10)18)15(20)12-3-2-7-17(12)14(19)11-4-5-11/h10-13,18H,2-9H2,1H3. The highest BCUT2D eigenvalue weighted by molar-refractivity contribution is 5.90. The fourth-order valence-electron chi connectivity index (χ4n) is 3.31. The zero-order chi connectivity index (χ0) is 14.3. The summed E-state index contributed by atoms with van der Waals surface area (Å²) in [6, 6.07) is -0.274. The molecule has 2 amide bonds. The van der Waals surface area contributed by atoms with E-state index in [9.17, 15) is 14.7 Å². The predicted molar refractivity (Wildman–Crippen MR) is 73.8 cm³/mol. The lowest BCUT2D eigenvalue weighted by Gasteiger charge is -2.37. The van der Waals surface area contributed by atoms with E-state index in [4.69, 9.17) is 0 Å². The molecule has 5 heteroatoms. The van der Waals surface area contributed by atoms with Gasteiger partial charge in [-0.2, -0.15) is 0 Å². The minimum Gasteiger partial charge on any atom is -0.391 e. The molecule has 3 fully saturated rings. The first-order chi connectivity index (χ1) is 9.58. The highest BCUT2D eigenvalue weighted by atomic mass is 16.3. The first-order valence-corrected chi connectivity index (χ1v) is 7.85. The number of carbonyl (C=O) groups is 2. The normalized spacial score (nSPS) is 34.4. The second kappa shape index (κ2) is 5.35. The van der Waals surface area contributed by atoms with Crippen molar-refractivity contribution in [2.45, 2.75) is 51.2 Å². The minimum absolute atomic E-state index is 0.0439. The monoisotopic (exact) mass is 280 g/mol. The number of aliphatic hydroxyl groups excluding tert-OH is 1. The number of nitrogens with zero attached hydrogens (tertiary/aromatic N) is 2. The molecular weight excluding hydrogens is 256 g/mol. The zero-order valence-electron chi connectivity index (χ0n) is 12.1. The molecule has 0 bridgehead atoms. The maximum absolute atomic E-state index is 12.6. The number of amides is 2. The summed E-state index contributed by atoms with van der Waals surface area (Å²) >= 11 is 0. The van der Waals surface area contributed by atoms with Crippen LogP contribution in [0, 0.1) is 11.8 Å². The molecule has 112 valence electrons. The van der Waals surface area contributed by atoms with Crippen molar-refractivity contribution in [2.24, 2.45) is 11.8 Å². The lowest BCUT2D eigenvalue weighted by atomic mass is 9.95. The van der Waals surface area contributed by atoms with Crippen LogP contribution in [0.4, 0.5) is 0 Å². The van der Waals surface area contributed by atoms with Gasteiger partial charge in [0.25, 0.3) is 0 Å². The third kappa shape index (κ3) is 2.55. The van der Waals surface area contributed by atoms with E-state index >= 15 is 0 Å². The van der Waals surface area contributed by atoms with Crippen molar-refractivity contribution in [1.29, 1.82) is 0 Å². The predicted octanol–water partition coefficient (Wildman–Crippen LogP) is 0.617. The van der Waals surface area contributed by atoms with E-state index in [0.717, 1.165) is 38.6 Å². The lowest BCUT2D eigenvalue weighted by Crippen LogP contribution is -2.53. The van der Waals surface area contributed by atoms with Crippen LogP contribution in [0.15, 0.2) is 0 Å². The fraction of sp³-hybridized carbons (Fsp3) is 0.867. The third-order valence-electron chi connectivity index (χ3n) is 4.98. The number of hydrogen-bond donors (Lipinski definition) is 1. The largest absolute Gasteiger partial charge is 0.391 e. The van der Waals surface area contributed by atoms with Crippen LogP contribution in [0.5, 0.6) is 0 Å². The second-order valence-corrected chi connectivity index (χ2v) is 6.58. The number of rotatable bonds is 2. The number of piperidine rings is 1. The molecule has 2 saturated heterocycles. The fourth-order valence-corrected chi connectivity index (χ4v) is 3.31. The molecule has 0 aromatic rings. The van der Waals surface area contributed by atoms with Crippen LogP contribution in [-0.2, 0) is 9.59 Å². The zero-order valence-corrected chi connectivity index (χ0v) is 12.1. The summed E-state index contributed by atoms with van der Waals surface area (Å²) in [6.07, 6.45) is 4.07. The Labute approximate surface area is 119 Å². The van der Waals surface area contributed by atoms with Crippen molar-refractivity contribution in [1.82, 2.24) is 9.80 Å². The van der Waals surface area contributed by atoms with Crippen molar-refractivity contribution >= 4 is 11.8 Å². The molecule has 5 nitrogen and oxygen atoms in total. The van der Waals surface area contributed by atoms with Crippen LogP contribution in [0.1, 0.15) is 39.0 Å². The summed E-state index contributed by atoms with van der Waals surface area (Å²) in [5.41, 5.74) is 0. The molecular formula is C15H24N2O3. The van der Waals surface area contributed by atoms with E-state index in [1.165, 1.54) is 0 Å². The van der Waals surface area contributed by atoms with Crippen molar-refractivity contribution in [3.8, 4) is 0 Å². The number of hydrogen-bond acceptors (Lipinski definition) is 3. The Kier molecular flexibility index (Phi) is 3.71. The van der Waals surface area contributed by atoms with Gasteiger partial charge in [-0.05, 0) is 38.0 Å². The summed E-state index contributed by atoms with van der Waals surface area (Å²) in [6.45, 7) is 3.87. The van der Waals surface area contributed by atoms with Gasteiger partial charge in [-0.25, -0.2) is 0 Å².